The molecule has 0 atom stereocenters. The highest BCUT2D eigenvalue weighted by Gasteiger charge is 2.07. The van der Waals surface area contributed by atoms with E-state index in [-0.39, 0.29) is 0 Å². The second-order valence-corrected chi connectivity index (χ2v) is 6.78. The van der Waals surface area contributed by atoms with Crippen LogP contribution in [0.3, 0.4) is 0 Å². The number of nitrogen functional groups attached to an aromatic ring is 1. The van der Waals surface area contributed by atoms with Gasteiger partial charge in [-0.2, -0.15) is 0 Å². The SMILES string of the molecule is CCc1ccc(-c2csc(Cc3ccc(N)cc3)n2)s1. The molecule has 0 aliphatic carbocycles. The van der Waals surface area contributed by atoms with Crippen molar-refractivity contribution in [3.63, 3.8) is 0 Å². The summed E-state index contributed by atoms with van der Waals surface area (Å²) in [6, 6.07) is 12.4. The topological polar surface area (TPSA) is 38.9 Å². The average Bonchev–Trinajstić information content (AvgIpc) is 3.10. The smallest absolute Gasteiger partial charge is 0.0976 e. The summed E-state index contributed by atoms with van der Waals surface area (Å²) in [5.41, 5.74) is 8.86. The molecule has 2 aromatic heterocycles. The van der Waals surface area contributed by atoms with E-state index in [1.54, 1.807) is 11.3 Å². The Morgan fingerprint density at radius 1 is 1.10 bits per heavy atom. The number of hydrogen-bond acceptors (Lipinski definition) is 4. The third-order valence-electron chi connectivity index (χ3n) is 3.15. The first-order valence-electron chi connectivity index (χ1n) is 6.62. The number of nitrogens with two attached hydrogens (primary N) is 1. The van der Waals surface area contributed by atoms with E-state index in [1.807, 2.05) is 23.5 Å². The number of anilines is 1. The van der Waals surface area contributed by atoms with Crippen molar-refractivity contribution in [3.05, 3.63) is 57.2 Å². The standard InChI is InChI=1S/C16H16N2S2/c1-2-13-7-8-15(20-13)14-10-19-16(18-14)9-11-3-5-12(17)6-4-11/h3-8,10H,2,9,17H2,1H3. The number of nitrogens with zero attached hydrogens (tertiary/aromatic N) is 1. The molecular formula is C16H16N2S2. The van der Waals surface area contributed by atoms with Crippen molar-refractivity contribution in [1.29, 1.82) is 0 Å². The van der Waals surface area contributed by atoms with E-state index >= 15 is 0 Å². The van der Waals surface area contributed by atoms with Crippen LogP contribution in [0, 0.1) is 0 Å². The molecule has 20 heavy (non-hydrogen) atoms. The molecule has 0 fully saturated rings. The van der Waals surface area contributed by atoms with Gasteiger partial charge in [-0.15, -0.1) is 22.7 Å². The molecule has 2 heterocycles. The van der Waals surface area contributed by atoms with Crippen molar-refractivity contribution in [2.75, 3.05) is 5.73 Å². The molecule has 0 saturated carbocycles. The maximum Gasteiger partial charge on any atom is 0.0976 e. The van der Waals surface area contributed by atoms with Crippen molar-refractivity contribution in [1.82, 2.24) is 4.98 Å². The Kier molecular flexibility index (Phi) is 3.85. The number of thiophene rings is 1. The Morgan fingerprint density at radius 2 is 1.90 bits per heavy atom. The maximum absolute atomic E-state index is 5.70. The van der Waals surface area contributed by atoms with Crippen molar-refractivity contribution in [2.45, 2.75) is 19.8 Å². The lowest BCUT2D eigenvalue weighted by molar-refractivity contribution is 1.14. The third-order valence-corrected chi connectivity index (χ3v) is 5.25. The van der Waals surface area contributed by atoms with Crippen LogP contribution < -0.4 is 5.73 Å². The van der Waals surface area contributed by atoms with Crippen molar-refractivity contribution in [3.8, 4) is 10.6 Å². The van der Waals surface area contributed by atoms with Gasteiger partial charge < -0.3 is 5.73 Å². The highest BCUT2D eigenvalue weighted by atomic mass is 32.1. The highest BCUT2D eigenvalue weighted by molar-refractivity contribution is 7.16. The monoisotopic (exact) mass is 300 g/mol. The zero-order valence-corrected chi connectivity index (χ0v) is 12.9. The molecule has 102 valence electrons. The molecule has 0 saturated heterocycles. The van der Waals surface area contributed by atoms with Gasteiger partial charge in [0, 0.05) is 22.4 Å². The first-order chi connectivity index (χ1) is 9.74. The number of aromatic nitrogens is 1. The molecule has 3 aromatic rings. The molecule has 3 rings (SSSR count). The first-order valence-corrected chi connectivity index (χ1v) is 8.32. The molecule has 0 radical (unpaired) electrons. The lowest BCUT2D eigenvalue weighted by atomic mass is 10.1. The third kappa shape index (κ3) is 2.92. The van der Waals surface area contributed by atoms with Crippen LogP contribution in [0.15, 0.2) is 41.8 Å². The Hall–Kier alpha value is -1.65. The Labute approximate surface area is 126 Å². The Morgan fingerprint density at radius 3 is 2.60 bits per heavy atom. The molecule has 2 nitrogen and oxygen atoms in total. The normalized spacial score (nSPS) is 10.8. The van der Waals surface area contributed by atoms with Crippen LogP contribution in [0.5, 0.6) is 0 Å². The van der Waals surface area contributed by atoms with Crippen LogP contribution in [0.4, 0.5) is 5.69 Å². The van der Waals surface area contributed by atoms with Crippen molar-refractivity contribution >= 4 is 28.4 Å². The van der Waals surface area contributed by atoms with Gasteiger partial charge >= 0.3 is 0 Å². The van der Waals surface area contributed by atoms with Crippen LogP contribution >= 0.6 is 22.7 Å². The molecule has 2 N–H and O–H groups in total. The molecule has 0 spiro atoms. The van der Waals surface area contributed by atoms with Gasteiger partial charge in [0.1, 0.15) is 0 Å². The van der Waals surface area contributed by atoms with Gasteiger partial charge in [0.05, 0.1) is 15.6 Å². The van der Waals surface area contributed by atoms with Gasteiger partial charge in [-0.05, 0) is 36.2 Å². The maximum atomic E-state index is 5.70. The number of aryl methyl sites for hydroxylation is 1. The lowest BCUT2D eigenvalue weighted by Gasteiger charge is -1.98. The van der Waals surface area contributed by atoms with Crippen molar-refractivity contribution < 1.29 is 0 Å². The van der Waals surface area contributed by atoms with E-state index < -0.39 is 0 Å². The molecule has 1 aromatic carbocycles. The largest absolute Gasteiger partial charge is 0.399 e. The van der Waals surface area contributed by atoms with E-state index in [9.17, 15) is 0 Å². The second kappa shape index (κ2) is 5.77. The number of benzene rings is 1. The number of thiazole rings is 1. The summed E-state index contributed by atoms with van der Waals surface area (Å²) in [6.07, 6.45) is 1.96. The van der Waals surface area contributed by atoms with Crippen molar-refractivity contribution in [2.24, 2.45) is 0 Å². The quantitative estimate of drug-likeness (QED) is 0.715. The zero-order valence-electron chi connectivity index (χ0n) is 11.3. The van der Waals surface area contributed by atoms with Crippen LogP contribution in [0.2, 0.25) is 0 Å². The molecule has 0 bridgehead atoms. The average molecular weight is 300 g/mol. The fourth-order valence-electron chi connectivity index (χ4n) is 2.02. The predicted molar refractivity (Wildman–Crippen MR) is 88.5 cm³/mol. The van der Waals surface area contributed by atoms with Crippen LogP contribution in [0.1, 0.15) is 22.4 Å². The van der Waals surface area contributed by atoms with Gasteiger partial charge in [-0.1, -0.05) is 19.1 Å². The van der Waals surface area contributed by atoms with E-state index in [4.69, 9.17) is 10.7 Å². The summed E-state index contributed by atoms with van der Waals surface area (Å²) < 4.78 is 0. The highest BCUT2D eigenvalue weighted by Crippen LogP contribution is 2.30. The minimum absolute atomic E-state index is 0.805. The molecular weight excluding hydrogens is 284 g/mol. The Balaban J connectivity index is 1.78. The van der Waals surface area contributed by atoms with Gasteiger partial charge in [0.2, 0.25) is 0 Å². The molecule has 0 amide bonds. The number of rotatable bonds is 4. The summed E-state index contributed by atoms with van der Waals surface area (Å²) >= 11 is 3.56. The summed E-state index contributed by atoms with van der Waals surface area (Å²) in [5, 5.41) is 3.30. The summed E-state index contributed by atoms with van der Waals surface area (Å²) in [6.45, 7) is 2.18. The molecule has 4 heteroatoms. The van der Waals surface area contributed by atoms with E-state index in [1.165, 1.54) is 15.3 Å². The van der Waals surface area contributed by atoms with Gasteiger partial charge in [0.25, 0.3) is 0 Å². The molecule has 0 unspecified atom stereocenters. The van der Waals surface area contributed by atoms with Crippen LogP contribution in [-0.2, 0) is 12.8 Å². The zero-order chi connectivity index (χ0) is 13.9. The molecule has 0 aliphatic rings. The number of hydrogen-bond donors (Lipinski definition) is 1. The minimum Gasteiger partial charge on any atom is -0.399 e. The fourth-order valence-corrected chi connectivity index (χ4v) is 3.83. The van der Waals surface area contributed by atoms with Gasteiger partial charge in [-0.3, -0.25) is 0 Å². The van der Waals surface area contributed by atoms with Gasteiger partial charge in [0.15, 0.2) is 0 Å². The fraction of sp³-hybridized carbons (Fsp3) is 0.188. The lowest BCUT2D eigenvalue weighted by Crippen LogP contribution is -1.89. The van der Waals surface area contributed by atoms with Crippen LogP contribution in [0.25, 0.3) is 10.6 Å². The second-order valence-electron chi connectivity index (χ2n) is 4.66. The molecule has 0 aliphatic heterocycles. The minimum atomic E-state index is 0.805. The van der Waals surface area contributed by atoms with E-state index in [0.717, 1.165) is 29.2 Å². The van der Waals surface area contributed by atoms with Crippen LogP contribution in [-0.4, -0.2) is 4.98 Å². The predicted octanol–water partition coefficient (Wildman–Crippen LogP) is 4.61. The summed E-state index contributed by atoms with van der Waals surface area (Å²) in [4.78, 5) is 7.42. The van der Waals surface area contributed by atoms with Gasteiger partial charge in [-0.25, -0.2) is 4.98 Å². The first kappa shape index (κ1) is 13.3. The summed E-state index contributed by atoms with van der Waals surface area (Å²) in [7, 11) is 0. The van der Waals surface area contributed by atoms with E-state index in [0.29, 0.717) is 0 Å². The Bertz CT molecular complexity index is 695. The van der Waals surface area contributed by atoms with E-state index in [2.05, 4.69) is 36.6 Å². The summed E-state index contributed by atoms with van der Waals surface area (Å²) in [5.74, 6) is 0.